The average Bonchev–Trinajstić information content (AvgIpc) is 2.41. The largest absolute Gasteiger partial charge is 0.312 e. The molecule has 0 amide bonds. The number of halogens is 1. The second kappa shape index (κ2) is 5.58. The predicted octanol–water partition coefficient (Wildman–Crippen LogP) is 3.48. The minimum atomic E-state index is 0.963. The van der Waals surface area contributed by atoms with Gasteiger partial charge in [-0.1, -0.05) is 6.08 Å². The first-order valence-corrected chi connectivity index (χ1v) is 5.91. The summed E-state index contributed by atoms with van der Waals surface area (Å²) in [6, 6.07) is 2.18. The summed E-state index contributed by atoms with van der Waals surface area (Å²) in [5.41, 5.74) is 0. The van der Waals surface area contributed by atoms with Crippen molar-refractivity contribution in [2.45, 2.75) is 19.9 Å². The maximum absolute atomic E-state index is 3.68. The van der Waals surface area contributed by atoms with E-state index in [-0.39, 0.29) is 0 Å². The van der Waals surface area contributed by atoms with E-state index >= 15 is 0 Å². The smallest absolute Gasteiger partial charge is 0.0314 e. The van der Waals surface area contributed by atoms with Crippen molar-refractivity contribution < 1.29 is 0 Å². The molecule has 1 heterocycles. The number of thiophene rings is 1. The number of nitrogens with one attached hydrogen (secondary N) is 1. The molecule has 0 aliphatic rings. The predicted molar refractivity (Wildman–Crippen MR) is 63.3 cm³/mol. The van der Waals surface area contributed by atoms with Gasteiger partial charge in [0.1, 0.15) is 0 Å². The van der Waals surface area contributed by atoms with Crippen LogP contribution in [-0.2, 0) is 6.54 Å². The maximum Gasteiger partial charge on any atom is 0.0314 e. The molecule has 1 nitrogen and oxygen atoms in total. The lowest BCUT2D eigenvalue weighted by atomic mass is 10.4. The Morgan fingerprint density at radius 2 is 2.46 bits per heavy atom. The molecule has 1 rings (SSSR count). The van der Waals surface area contributed by atoms with Gasteiger partial charge in [0, 0.05) is 20.8 Å². The van der Waals surface area contributed by atoms with Crippen LogP contribution in [0.25, 0.3) is 0 Å². The van der Waals surface area contributed by atoms with Crippen molar-refractivity contribution in [1.29, 1.82) is 0 Å². The molecule has 0 saturated carbocycles. The molecular weight excluding hydrogens is 246 g/mol. The van der Waals surface area contributed by atoms with Gasteiger partial charge in [0.15, 0.2) is 0 Å². The summed E-state index contributed by atoms with van der Waals surface area (Å²) in [6.45, 7) is 7.78. The lowest BCUT2D eigenvalue weighted by Crippen LogP contribution is -2.12. The zero-order valence-electron chi connectivity index (χ0n) is 7.77. The van der Waals surface area contributed by atoms with Crippen LogP contribution in [0.5, 0.6) is 0 Å². The summed E-state index contributed by atoms with van der Waals surface area (Å²) in [5, 5.41) is 3.36. The Morgan fingerprint density at radius 1 is 1.69 bits per heavy atom. The van der Waals surface area contributed by atoms with Crippen LogP contribution in [0.2, 0.25) is 0 Å². The van der Waals surface area contributed by atoms with Crippen LogP contribution in [-0.4, -0.2) is 6.54 Å². The Balaban J connectivity index is 2.32. The second-order valence-corrected chi connectivity index (χ2v) is 5.07. The molecule has 3 heteroatoms. The SMILES string of the molecule is C=CCCNCc1cc(Br)c(C)s1. The van der Waals surface area contributed by atoms with Gasteiger partial charge in [-0.15, -0.1) is 17.9 Å². The molecule has 0 bridgehead atoms. The molecular formula is C10H14BrNS. The van der Waals surface area contributed by atoms with E-state index in [4.69, 9.17) is 0 Å². The first-order valence-electron chi connectivity index (χ1n) is 4.30. The van der Waals surface area contributed by atoms with E-state index < -0.39 is 0 Å². The Hall–Kier alpha value is -0.120. The molecule has 0 unspecified atom stereocenters. The normalized spacial score (nSPS) is 10.3. The van der Waals surface area contributed by atoms with Crippen LogP contribution in [0.15, 0.2) is 23.2 Å². The van der Waals surface area contributed by atoms with Crippen molar-refractivity contribution in [3.05, 3.63) is 32.9 Å². The Morgan fingerprint density at radius 3 is 3.00 bits per heavy atom. The van der Waals surface area contributed by atoms with E-state index in [1.165, 1.54) is 14.2 Å². The molecule has 0 spiro atoms. The van der Waals surface area contributed by atoms with Gasteiger partial charge in [0.25, 0.3) is 0 Å². The van der Waals surface area contributed by atoms with Crippen molar-refractivity contribution >= 4 is 27.3 Å². The van der Waals surface area contributed by atoms with E-state index in [1.54, 1.807) is 0 Å². The molecule has 72 valence electrons. The molecule has 0 fully saturated rings. The first kappa shape index (κ1) is 11.0. The van der Waals surface area contributed by atoms with Gasteiger partial charge in [-0.05, 0) is 41.9 Å². The highest BCUT2D eigenvalue weighted by Gasteiger charge is 2.01. The standard InChI is InChI=1S/C10H14BrNS/c1-3-4-5-12-7-9-6-10(11)8(2)13-9/h3,6,12H,1,4-5,7H2,2H3. The summed E-state index contributed by atoms with van der Waals surface area (Å²) < 4.78 is 1.22. The lowest BCUT2D eigenvalue weighted by molar-refractivity contribution is 0.703. The minimum absolute atomic E-state index is 0.963. The van der Waals surface area contributed by atoms with E-state index in [0.717, 1.165) is 19.5 Å². The van der Waals surface area contributed by atoms with E-state index in [1.807, 2.05) is 17.4 Å². The van der Waals surface area contributed by atoms with Gasteiger partial charge in [0.2, 0.25) is 0 Å². The van der Waals surface area contributed by atoms with Gasteiger partial charge in [-0.3, -0.25) is 0 Å². The van der Waals surface area contributed by atoms with Crippen molar-refractivity contribution in [3.8, 4) is 0 Å². The fourth-order valence-corrected chi connectivity index (χ4v) is 2.59. The average molecular weight is 260 g/mol. The summed E-state index contributed by atoms with van der Waals surface area (Å²) in [5.74, 6) is 0. The highest BCUT2D eigenvalue weighted by molar-refractivity contribution is 9.10. The van der Waals surface area contributed by atoms with Crippen LogP contribution >= 0.6 is 27.3 Å². The highest BCUT2D eigenvalue weighted by atomic mass is 79.9. The van der Waals surface area contributed by atoms with Crippen molar-refractivity contribution in [2.24, 2.45) is 0 Å². The van der Waals surface area contributed by atoms with Gasteiger partial charge in [0.05, 0.1) is 0 Å². The summed E-state index contributed by atoms with van der Waals surface area (Å²) in [4.78, 5) is 2.73. The number of hydrogen-bond acceptors (Lipinski definition) is 2. The molecule has 0 atom stereocenters. The zero-order chi connectivity index (χ0) is 9.68. The molecule has 1 aromatic rings. The number of aryl methyl sites for hydroxylation is 1. The summed E-state index contributed by atoms with van der Waals surface area (Å²) >= 11 is 5.34. The van der Waals surface area contributed by atoms with Crippen molar-refractivity contribution in [1.82, 2.24) is 5.32 Å². The van der Waals surface area contributed by atoms with Crippen LogP contribution < -0.4 is 5.32 Å². The Kier molecular flexibility index (Phi) is 4.70. The molecule has 1 aromatic heterocycles. The van der Waals surface area contributed by atoms with Crippen molar-refractivity contribution in [3.63, 3.8) is 0 Å². The summed E-state index contributed by atoms with van der Waals surface area (Å²) in [6.07, 6.45) is 2.97. The first-order chi connectivity index (χ1) is 6.24. The molecule has 0 aliphatic carbocycles. The quantitative estimate of drug-likeness (QED) is 0.631. The van der Waals surface area contributed by atoms with Crippen molar-refractivity contribution in [2.75, 3.05) is 6.54 Å². The number of hydrogen-bond donors (Lipinski definition) is 1. The van der Waals surface area contributed by atoms with Crippen LogP contribution in [0.4, 0.5) is 0 Å². The molecule has 1 N–H and O–H groups in total. The van der Waals surface area contributed by atoms with E-state index in [2.05, 4.69) is 40.8 Å². The summed E-state index contributed by atoms with van der Waals surface area (Å²) in [7, 11) is 0. The van der Waals surface area contributed by atoms with E-state index in [0.29, 0.717) is 0 Å². The topological polar surface area (TPSA) is 12.0 Å². The third kappa shape index (κ3) is 3.63. The van der Waals surface area contributed by atoms with Gasteiger partial charge < -0.3 is 5.32 Å². The van der Waals surface area contributed by atoms with Crippen LogP contribution in [0.1, 0.15) is 16.2 Å². The third-order valence-corrected chi connectivity index (χ3v) is 3.87. The molecule has 13 heavy (non-hydrogen) atoms. The van der Waals surface area contributed by atoms with E-state index in [9.17, 15) is 0 Å². The third-order valence-electron chi connectivity index (χ3n) is 1.73. The van der Waals surface area contributed by atoms with Gasteiger partial charge in [-0.25, -0.2) is 0 Å². The fourth-order valence-electron chi connectivity index (χ4n) is 1.02. The molecule has 0 aliphatic heterocycles. The second-order valence-electron chi connectivity index (χ2n) is 2.87. The monoisotopic (exact) mass is 259 g/mol. The molecule has 0 saturated heterocycles. The Labute approximate surface area is 92.0 Å². The van der Waals surface area contributed by atoms with Gasteiger partial charge >= 0.3 is 0 Å². The highest BCUT2D eigenvalue weighted by Crippen LogP contribution is 2.25. The molecule has 0 radical (unpaired) electrons. The maximum atomic E-state index is 3.68. The Bertz CT molecular complexity index is 261. The minimum Gasteiger partial charge on any atom is -0.312 e. The fraction of sp³-hybridized carbons (Fsp3) is 0.400. The molecule has 0 aromatic carbocycles. The lowest BCUT2D eigenvalue weighted by Gasteiger charge is -1.98. The van der Waals surface area contributed by atoms with Gasteiger partial charge in [-0.2, -0.15) is 0 Å². The van der Waals surface area contributed by atoms with Crippen LogP contribution in [0.3, 0.4) is 0 Å². The zero-order valence-corrected chi connectivity index (χ0v) is 10.2. The van der Waals surface area contributed by atoms with Crippen LogP contribution in [0, 0.1) is 6.92 Å². The number of rotatable bonds is 5.